The molecule has 1 fully saturated rings. The van der Waals surface area contributed by atoms with Crippen LogP contribution in [-0.4, -0.2) is 42.7 Å². The zero-order valence-corrected chi connectivity index (χ0v) is 13.6. The van der Waals surface area contributed by atoms with Gasteiger partial charge in [0.25, 0.3) is 0 Å². The number of esters is 2. The van der Waals surface area contributed by atoms with Crippen LogP contribution in [0.2, 0.25) is 0 Å². The zero-order valence-electron chi connectivity index (χ0n) is 13.6. The Morgan fingerprint density at radius 1 is 1.38 bits per heavy atom. The van der Waals surface area contributed by atoms with Gasteiger partial charge < -0.3 is 24.1 Å². The molecule has 1 aromatic rings. The van der Waals surface area contributed by atoms with Gasteiger partial charge in [0.15, 0.2) is 11.5 Å². The molecule has 0 saturated heterocycles. The number of fused-ring (bicyclic) bond motifs is 3. The molecule has 3 atom stereocenters. The first kappa shape index (κ1) is 16.6. The van der Waals surface area contributed by atoms with Crippen molar-refractivity contribution in [3.05, 3.63) is 23.8 Å². The van der Waals surface area contributed by atoms with E-state index in [9.17, 15) is 14.7 Å². The highest BCUT2D eigenvalue weighted by Crippen LogP contribution is 2.51. The number of rotatable bonds is 5. The van der Waals surface area contributed by atoms with Gasteiger partial charge in [0, 0.05) is 18.4 Å². The SMILES string of the molecule is COC(=O)[C@](CO)(OC(C)=O)Oc1cccc2c1OC1CCCC21. The van der Waals surface area contributed by atoms with Gasteiger partial charge in [-0.25, -0.2) is 4.79 Å². The molecular weight excluding hydrogens is 316 g/mol. The Balaban J connectivity index is 1.95. The lowest BCUT2D eigenvalue weighted by Crippen LogP contribution is -2.52. The molecule has 7 nitrogen and oxygen atoms in total. The summed E-state index contributed by atoms with van der Waals surface area (Å²) >= 11 is 0. The van der Waals surface area contributed by atoms with Crippen LogP contribution in [0.4, 0.5) is 0 Å². The molecule has 2 unspecified atom stereocenters. The Bertz CT molecular complexity index is 656. The van der Waals surface area contributed by atoms with Crippen LogP contribution in [0.1, 0.15) is 37.7 Å². The standard InChI is InChI=1S/C17H20O7/c1-10(19)23-17(9-18,16(20)21-2)24-14-8-4-6-12-11-5-3-7-13(11)22-15(12)14/h4,6,8,11,13,18H,3,5,7,9H2,1-2H3/t11?,13?,17-/m1/s1. The molecule has 0 aromatic heterocycles. The molecule has 1 aromatic carbocycles. The van der Waals surface area contributed by atoms with Crippen LogP contribution in [0, 0.1) is 0 Å². The first-order valence-corrected chi connectivity index (χ1v) is 7.88. The molecule has 1 N–H and O–H groups in total. The van der Waals surface area contributed by atoms with Crippen LogP contribution in [0.3, 0.4) is 0 Å². The Labute approximate surface area is 139 Å². The number of hydrogen-bond donors (Lipinski definition) is 1. The lowest BCUT2D eigenvalue weighted by molar-refractivity contribution is -0.224. The molecule has 0 radical (unpaired) electrons. The number of aliphatic hydroxyl groups excluding tert-OH is 1. The Morgan fingerprint density at radius 2 is 2.17 bits per heavy atom. The van der Waals surface area contributed by atoms with Gasteiger partial charge in [-0.15, -0.1) is 0 Å². The Hall–Kier alpha value is -2.28. The molecular formula is C17H20O7. The predicted molar refractivity (Wildman–Crippen MR) is 81.7 cm³/mol. The number of carbonyl (C=O) groups excluding carboxylic acids is 2. The third-order valence-electron chi connectivity index (χ3n) is 4.42. The molecule has 0 bridgehead atoms. The maximum atomic E-state index is 12.1. The molecule has 1 aliphatic carbocycles. The average Bonchev–Trinajstić information content (AvgIpc) is 3.14. The van der Waals surface area contributed by atoms with Crippen molar-refractivity contribution in [1.29, 1.82) is 0 Å². The molecule has 1 aliphatic heterocycles. The molecule has 1 saturated carbocycles. The van der Waals surface area contributed by atoms with E-state index in [1.54, 1.807) is 12.1 Å². The van der Waals surface area contributed by atoms with Gasteiger partial charge in [0.2, 0.25) is 0 Å². The van der Waals surface area contributed by atoms with E-state index in [1.807, 2.05) is 6.07 Å². The van der Waals surface area contributed by atoms with Crippen LogP contribution >= 0.6 is 0 Å². The predicted octanol–water partition coefficient (Wildman–Crippen LogP) is 1.52. The zero-order chi connectivity index (χ0) is 17.3. The van der Waals surface area contributed by atoms with Crippen LogP contribution in [0.5, 0.6) is 11.5 Å². The summed E-state index contributed by atoms with van der Waals surface area (Å²) in [5, 5.41) is 9.65. The molecule has 3 rings (SSSR count). The number of carbonyl (C=O) groups is 2. The van der Waals surface area contributed by atoms with E-state index in [1.165, 1.54) is 0 Å². The van der Waals surface area contributed by atoms with E-state index in [4.69, 9.17) is 14.2 Å². The average molecular weight is 336 g/mol. The molecule has 7 heteroatoms. The molecule has 24 heavy (non-hydrogen) atoms. The highest BCUT2D eigenvalue weighted by atomic mass is 16.8. The summed E-state index contributed by atoms with van der Waals surface area (Å²) in [6, 6.07) is 5.35. The van der Waals surface area contributed by atoms with Gasteiger partial charge in [0.05, 0.1) is 7.11 Å². The molecule has 0 amide bonds. The van der Waals surface area contributed by atoms with Gasteiger partial charge in [-0.05, 0) is 25.3 Å². The smallest absolute Gasteiger partial charge is 0.395 e. The van der Waals surface area contributed by atoms with Crippen LogP contribution < -0.4 is 9.47 Å². The van der Waals surface area contributed by atoms with Gasteiger partial charge in [-0.2, -0.15) is 0 Å². The minimum atomic E-state index is -2.25. The molecule has 2 aliphatic rings. The number of ether oxygens (including phenoxy) is 4. The summed E-state index contributed by atoms with van der Waals surface area (Å²) in [6.45, 7) is 0.239. The van der Waals surface area contributed by atoms with E-state index >= 15 is 0 Å². The largest absolute Gasteiger partial charge is 0.486 e. The minimum absolute atomic E-state index is 0.0973. The normalized spacial score (nSPS) is 23.5. The summed E-state index contributed by atoms with van der Waals surface area (Å²) in [6.07, 6.45) is 3.20. The lowest BCUT2D eigenvalue weighted by atomic mass is 9.97. The molecule has 0 spiro atoms. The minimum Gasteiger partial charge on any atom is -0.486 e. The van der Waals surface area contributed by atoms with Gasteiger partial charge in [-0.1, -0.05) is 12.1 Å². The fraction of sp³-hybridized carbons (Fsp3) is 0.529. The summed E-state index contributed by atoms with van der Waals surface area (Å²) in [4.78, 5) is 23.4. The van der Waals surface area contributed by atoms with Crippen LogP contribution in [0.25, 0.3) is 0 Å². The van der Waals surface area contributed by atoms with Gasteiger partial charge in [0.1, 0.15) is 12.7 Å². The third kappa shape index (κ3) is 2.69. The van der Waals surface area contributed by atoms with E-state index in [0.29, 0.717) is 11.7 Å². The summed E-state index contributed by atoms with van der Waals surface area (Å²) in [5.74, 6) is -2.96. The maximum absolute atomic E-state index is 12.1. The first-order chi connectivity index (χ1) is 11.5. The second kappa shape index (κ2) is 6.32. The number of methoxy groups -OCH3 is 1. The van der Waals surface area contributed by atoms with E-state index < -0.39 is 24.3 Å². The van der Waals surface area contributed by atoms with Crippen molar-refractivity contribution in [3.8, 4) is 11.5 Å². The van der Waals surface area contributed by atoms with Crippen molar-refractivity contribution in [1.82, 2.24) is 0 Å². The summed E-state index contributed by atoms with van der Waals surface area (Å²) in [7, 11) is 1.12. The van der Waals surface area contributed by atoms with E-state index in [2.05, 4.69) is 4.74 Å². The molecule has 1 heterocycles. The second-order valence-corrected chi connectivity index (χ2v) is 5.97. The first-order valence-electron chi connectivity index (χ1n) is 7.88. The summed E-state index contributed by atoms with van der Waals surface area (Å²) in [5.41, 5.74) is 1.01. The van der Waals surface area contributed by atoms with Crippen molar-refractivity contribution in [2.24, 2.45) is 0 Å². The fourth-order valence-electron chi connectivity index (χ4n) is 3.40. The van der Waals surface area contributed by atoms with Crippen molar-refractivity contribution < 1.29 is 33.6 Å². The van der Waals surface area contributed by atoms with Crippen molar-refractivity contribution in [3.63, 3.8) is 0 Å². The number of benzene rings is 1. The lowest BCUT2D eigenvalue weighted by Gasteiger charge is -2.29. The maximum Gasteiger partial charge on any atom is 0.395 e. The Kier molecular flexibility index (Phi) is 4.36. The van der Waals surface area contributed by atoms with Crippen molar-refractivity contribution in [2.45, 2.75) is 44.0 Å². The monoisotopic (exact) mass is 336 g/mol. The van der Waals surface area contributed by atoms with E-state index in [-0.39, 0.29) is 11.9 Å². The van der Waals surface area contributed by atoms with Crippen molar-refractivity contribution >= 4 is 11.9 Å². The quantitative estimate of drug-likeness (QED) is 0.644. The Morgan fingerprint density at radius 3 is 2.83 bits per heavy atom. The van der Waals surface area contributed by atoms with Crippen LogP contribution in [0.15, 0.2) is 18.2 Å². The van der Waals surface area contributed by atoms with Crippen LogP contribution in [-0.2, 0) is 19.1 Å². The number of aliphatic hydroxyl groups is 1. The highest BCUT2D eigenvalue weighted by molar-refractivity contribution is 5.82. The van der Waals surface area contributed by atoms with E-state index in [0.717, 1.165) is 38.9 Å². The molecule has 130 valence electrons. The van der Waals surface area contributed by atoms with Crippen molar-refractivity contribution in [2.75, 3.05) is 13.7 Å². The third-order valence-corrected chi connectivity index (χ3v) is 4.42. The highest BCUT2D eigenvalue weighted by Gasteiger charge is 2.48. The van der Waals surface area contributed by atoms with Gasteiger partial charge >= 0.3 is 17.7 Å². The number of para-hydroxylation sites is 1. The fourth-order valence-corrected chi connectivity index (χ4v) is 3.40. The van der Waals surface area contributed by atoms with Gasteiger partial charge in [-0.3, -0.25) is 4.79 Å². The summed E-state index contributed by atoms with van der Waals surface area (Å²) < 4.78 is 21.2. The topological polar surface area (TPSA) is 91.3 Å². The number of hydrogen-bond acceptors (Lipinski definition) is 7. The second-order valence-electron chi connectivity index (χ2n) is 5.97.